The van der Waals surface area contributed by atoms with E-state index in [1.807, 2.05) is 68.4 Å². The molecule has 1 aliphatic heterocycles. The second kappa shape index (κ2) is 9.73. The van der Waals surface area contributed by atoms with Crippen molar-refractivity contribution in [2.75, 3.05) is 19.0 Å². The number of nitrogens with one attached hydrogen (secondary N) is 1. The summed E-state index contributed by atoms with van der Waals surface area (Å²) >= 11 is 0. The molecule has 3 aromatic rings. The smallest absolute Gasteiger partial charge is 0.255 e. The van der Waals surface area contributed by atoms with Gasteiger partial charge >= 0.3 is 0 Å². The number of rotatable bonds is 8. The molecule has 7 heteroatoms. The molecule has 1 aliphatic rings. The maximum atomic E-state index is 13.2. The van der Waals surface area contributed by atoms with Gasteiger partial charge in [-0.3, -0.25) is 9.59 Å². The molecule has 33 heavy (non-hydrogen) atoms. The normalized spacial score (nSPS) is 13.4. The summed E-state index contributed by atoms with van der Waals surface area (Å²) < 4.78 is 11.2. The second-order valence-electron chi connectivity index (χ2n) is 7.87. The van der Waals surface area contributed by atoms with Crippen molar-refractivity contribution >= 4 is 17.6 Å². The van der Waals surface area contributed by atoms with E-state index in [0.29, 0.717) is 36.0 Å². The van der Waals surface area contributed by atoms with E-state index in [4.69, 9.17) is 9.47 Å². The number of fused-ring (bicyclic) bond motifs is 1. The zero-order chi connectivity index (χ0) is 23.4. The molecule has 0 saturated heterocycles. The van der Waals surface area contributed by atoms with Crippen molar-refractivity contribution in [2.45, 2.75) is 32.9 Å². The van der Waals surface area contributed by atoms with Gasteiger partial charge in [0.1, 0.15) is 5.82 Å². The minimum atomic E-state index is -0.487. The summed E-state index contributed by atoms with van der Waals surface area (Å²) in [5, 5.41) is 2.86. The Morgan fingerprint density at radius 1 is 1.12 bits per heavy atom. The highest BCUT2D eigenvalue weighted by Gasteiger charge is 2.35. The van der Waals surface area contributed by atoms with Gasteiger partial charge in [0.2, 0.25) is 5.91 Å². The van der Waals surface area contributed by atoms with E-state index < -0.39 is 6.04 Å². The van der Waals surface area contributed by atoms with Gasteiger partial charge in [-0.25, -0.2) is 4.98 Å². The quantitative estimate of drug-likeness (QED) is 0.551. The number of anilines is 1. The maximum Gasteiger partial charge on any atom is 0.255 e. The van der Waals surface area contributed by atoms with Crippen LogP contribution in [0.2, 0.25) is 0 Å². The first-order valence-corrected chi connectivity index (χ1v) is 10.9. The highest BCUT2D eigenvalue weighted by atomic mass is 16.5. The van der Waals surface area contributed by atoms with Gasteiger partial charge in [0.25, 0.3) is 5.91 Å². The molecule has 1 atom stereocenters. The molecule has 0 saturated carbocycles. The molecule has 1 aromatic heterocycles. The molecule has 2 aromatic carbocycles. The fraction of sp³-hybridized carbons (Fsp3) is 0.269. The Morgan fingerprint density at radius 3 is 2.67 bits per heavy atom. The van der Waals surface area contributed by atoms with Crippen LogP contribution in [0.5, 0.6) is 11.5 Å². The third-order valence-electron chi connectivity index (χ3n) is 5.63. The summed E-state index contributed by atoms with van der Waals surface area (Å²) in [7, 11) is 1.57. The van der Waals surface area contributed by atoms with E-state index in [9.17, 15) is 9.59 Å². The number of carbonyl (C=O) groups is 2. The van der Waals surface area contributed by atoms with Crippen LogP contribution in [-0.2, 0) is 11.3 Å². The van der Waals surface area contributed by atoms with Gasteiger partial charge in [0.15, 0.2) is 11.5 Å². The maximum absolute atomic E-state index is 13.2. The van der Waals surface area contributed by atoms with Crippen molar-refractivity contribution < 1.29 is 19.1 Å². The van der Waals surface area contributed by atoms with Crippen molar-refractivity contribution in [3.05, 3.63) is 83.0 Å². The largest absolute Gasteiger partial charge is 0.493 e. The number of carbonyl (C=O) groups excluding carboxylic acids is 2. The van der Waals surface area contributed by atoms with Crippen LogP contribution in [0, 0.1) is 6.92 Å². The monoisotopic (exact) mass is 445 g/mol. The van der Waals surface area contributed by atoms with E-state index in [0.717, 1.165) is 16.8 Å². The molecule has 0 radical (unpaired) electrons. The van der Waals surface area contributed by atoms with Gasteiger partial charge in [-0.2, -0.15) is 0 Å². The van der Waals surface area contributed by atoms with Crippen LogP contribution in [0.3, 0.4) is 0 Å². The SMILES string of the molecule is CCOc1ccc([C@H](CC(=O)Nc2cccc(C)n2)N2Cc3ccccc3C2=O)cc1OC. The molecule has 0 fully saturated rings. The predicted molar refractivity (Wildman–Crippen MR) is 125 cm³/mol. The number of nitrogens with zero attached hydrogens (tertiary/aromatic N) is 2. The summed E-state index contributed by atoms with van der Waals surface area (Å²) in [4.78, 5) is 32.4. The number of hydrogen-bond acceptors (Lipinski definition) is 5. The molecular formula is C26H27N3O4. The number of aromatic nitrogens is 1. The van der Waals surface area contributed by atoms with Gasteiger partial charge in [-0.15, -0.1) is 0 Å². The molecule has 0 aliphatic carbocycles. The highest BCUT2D eigenvalue weighted by Crippen LogP contribution is 2.37. The van der Waals surface area contributed by atoms with Crippen LogP contribution in [0.1, 0.15) is 46.6 Å². The molecular weight excluding hydrogens is 418 g/mol. The van der Waals surface area contributed by atoms with Crippen molar-refractivity contribution in [3.63, 3.8) is 0 Å². The third kappa shape index (κ3) is 4.82. The van der Waals surface area contributed by atoms with Gasteiger partial charge in [0, 0.05) is 17.8 Å². The fourth-order valence-electron chi connectivity index (χ4n) is 4.08. The zero-order valence-electron chi connectivity index (χ0n) is 19.0. The Balaban J connectivity index is 1.65. The predicted octanol–water partition coefficient (Wildman–Crippen LogP) is 4.52. The average Bonchev–Trinajstić information content (AvgIpc) is 3.14. The third-order valence-corrected chi connectivity index (χ3v) is 5.63. The minimum Gasteiger partial charge on any atom is -0.493 e. The van der Waals surface area contributed by atoms with Crippen molar-refractivity contribution in [2.24, 2.45) is 0 Å². The molecule has 170 valence electrons. The number of benzene rings is 2. The number of methoxy groups -OCH3 is 1. The van der Waals surface area contributed by atoms with Crippen LogP contribution >= 0.6 is 0 Å². The summed E-state index contributed by atoms with van der Waals surface area (Å²) in [6.07, 6.45) is 0.0759. The minimum absolute atomic E-state index is 0.0759. The van der Waals surface area contributed by atoms with Crippen molar-refractivity contribution in [1.29, 1.82) is 0 Å². The number of hydrogen-bond donors (Lipinski definition) is 1. The molecule has 1 N–H and O–H groups in total. The van der Waals surface area contributed by atoms with Crippen LogP contribution in [0.4, 0.5) is 5.82 Å². The molecule has 2 heterocycles. The lowest BCUT2D eigenvalue weighted by Gasteiger charge is -2.28. The number of pyridine rings is 1. The molecule has 4 rings (SSSR count). The van der Waals surface area contributed by atoms with E-state index in [2.05, 4.69) is 10.3 Å². The van der Waals surface area contributed by atoms with Gasteiger partial charge < -0.3 is 19.7 Å². The Bertz CT molecular complexity index is 1180. The molecule has 0 spiro atoms. The van der Waals surface area contributed by atoms with E-state index in [-0.39, 0.29) is 18.2 Å². The lowest BCUT2D eigenvalue weighted by atomic mass is 10.0. The number of aryl methyl sites for hydroxylation is 1. The topological polar surface area (TPSA) is 80.8 Å². The van der Waals surface area contributed by atoms with Crippen molar-refractivity contribution in [1.82, 2.24) is 9.88 Å². The van der Waals surface area contributed by atoms with Crippen LogP contribution in [-0.4, -0.2) is 35.4 Å². The Hall–Kier alpha value is -3.87. The molecule has 2 amide bonds. The summed E-state index contributed by atoms with van der Waals surface area (Å²) in [6, 6.07) is 18.0. The zero-order valence-corrected chi connectivity index (χ0v) is 19.0. The first kappa shape index (κ1) is 22.3. The fourth-order valence-corrected chi connectivity index (χ4v) is 4.08. The van der Waals surface area contributed by atoms with Crippen LogP contribution < -0.4 is 14.8 Å². The van der Waals surface area contributed by atoms with Gasteiger partial charge in [-0.1, -0.05) is 30.3 Å². The Kier molecular flexibility index (Phi) is 6.58. The summed E-state index contributed by atoms with van der Waals surface area (Å²) in [5.74, 6) is 1.34. The average molecular weight is 446 g/mol. The standard InChI is InChI=1S/C26H27N3O4/c1-4-33-22-13-12-18(14-23(22)32-3)21(15-25(30)28-24-11-7-8-17(2)27-24)29-16-19-9-5-6-10-20(19)26(29)31/h5-14,21H,4,15-16H2,1-3H3,(H,27,28,30)/t21-/m0/s1. The Morgan fingerprint density at radius 2 is 1.94 bits per heavy atom. The van der Waals surface area contributed by atoms with E-state index in [1.54, 1.807) is 18.1 Å². The number of amides is 2. The van der Waals surface area contributed by atoms with Crippen molar-refractivity contribution in [3.8, 4) is 11.5 Å². The highest BCUT2D eigenvalue weighted by molar-refractivity contribution is 5.99. The second-order valence-corrected chi connectivity index (χ2v) is 7.87. The van der Waals surface area contributed by atoms with E-state index >= 15 is 0 Å². The van der Waals surface area contributed by atoms with E-state index in [1.165, 1.54) is 0 Å². The summed E-state index contributed by atoms with van der Waals surface area (Å²) in [6.45, 7) is 4.71. The summed E-state index contributed by atoms with van der Waals surface area (Å²) in [5.41, 5.74) is 3.22. The first-order chi connectivity index (χ1) is 16.0. The first-order valence-electron chi connectivity index (χ1n) is 10.9. The van der Waals surface area contributed by atoms with Crippen LogP contribution in [0.25, 0.3) is 0 Å². The van der Waals surface area contributed by atoms with Crippen LogP contribution in [0.15, 0.2) is 60.7 Å². The number of ether oxygens (including phenoxy) is 2. The Labute approximate surface area is 193 Å². The molecule has 0 bridgehead atoms. The molecule has 0 unspecified atom stereocenters. The molecule has 7 nitrogen and oxygen atoms in total. The lowest BCUT2D eigenvalue weighted by molar-refractivity contribution is -0.117. The van der Waals surface area contributed by atoms with Gasteiger partial charge in [0.05, 0.1) is 26.2 Å². The lowest BCUT2D eigenvalue weighted by Crippen LogP contribution is -2.32. The van der Waals surface area contributed by atoms with Gasteiger partial charge in [-0.05, 0) is 55.3 Å².